The first-order valence-electron chi connectivity index (χ1n) is 3.95. The number of aromatic nitrogens is 1. The van der Waals surface area contributed by atoms with Crippen LogP contribution in [0.5, 0.6) is 0 Å². The van der Waals surface area contributed by atoms with Crippen LogP contribution in [-0.4, -0.2) is 4.98 Å². The predicted molar refractivity (Wildman–Crippen MR) is 56.2 cm³/mol. The van der Waals surface area contributed by atoms with Crippen molar-refractivity contribution in [1.29, 1.82) is 0 Å². The maximum atomic E-state index is 4.15. The molecule has 2 aromatic rings. The van der Waals surface area contributed by atoms with Crippen LogP contribution in [0, 0.1) is 6.07 Å². The van der Waals surface area contributed by atoms with E-state index in [-0.39, 0.29) is 0 Å². The average molecular weight is 233 g/mol. The van der Waals surface area contributed by atoms with E-state index in [1.807, 2.05) is 36.4 Å². The van der Waals surface area contributed by atoms with Crippen molar-refractivity contribution in [3.05, 3.63) is 53.3 Å². The first-order valence-corrected chi connectivity index (χ1v) is 4.75. The van der Waals surface area contributed by atoms with Gasteiger partial charge in [0.2, 0.25) is 0 Å². The summed E-state index contributed by atoms with van der Waals surface area (Å²) in [5, 5.41) is 0. The molecule has 1 aromatic heterocycles. The summed E-state index contributed by atoms with van der Waals surface area (Å²) in [6, 6.07) is 14.9. The number of halogens is 1. The Balaban J connectivity index is 2.54. The Morgan fingerprint density at radius 3 is 2.77 bits per heavy atom. The van der Waals surface area contributed by atoms with Gasteiger partial charge in [0.1, 0.15) is 4.60 Å². The van der Waals surface area contributed by atoms with Crippen LogP contribution in [0.4, 0.5) is 0 Å². The lowest BCUT2D eigenvalue weighted by atomic mass is 10.1. The first kappa shape index (κ1) is 8.45. The monoisotopic (exact) mass is 232 g/mol. The van der Waals surface area contributed by atoms with Crippen LogP contribution in [-0.2, 0) is 0 Å². The van der Waals surface area contributed by atoms with Crippen molar-refractivity contribution in [2.45, 2.75) is 0 Å². The van der Waals surface area contributed by atoms with E-state index in [1.165, 1.54) is 0 Å². The number of pyridine rings is 1. The van der Waals surface area contributed by atoms with Crippen LogP contribution in [0.25, 0.3) is 11.1 Å². The second-order valence-electron chi connectivity index (χ2n) is 2.62. The van der Waals surface area contributed by atoms with Gasteiger partial charge < -0.3 is 0 Å². The average Bonchev–Trinajstić information content (AvgIpc) is 2.20. The van der Waals surface area contributed by atoms with Crippen molar-refractivity contribution in [3.8, 4) is 11.1 Å². The standard InChI is InChI=1S/C11H7BrN/c12-11-10(7-4-8-13-11)9-5-2-1-3-6-9/h1-5,7-8H. The molecule has 0 atom stereocenters. The zero-order chi connectivity index (χ0) is 9.10. The maximum absolute atomic E-state index is 4.15. The van der Waals surface area contributed by atoms with Crippen molar-refractivity contribution < 1.29 is 0 Å². The molecule has 0 spiro atoms. The molecule has 0 fully saturated rings. The fourth-order valence-corrected chi connectivity index (χ4v) is 1.61. The molecular formula is C11H7BrN. The third-order valence-electron chi connectivity index (χ3n) is 1.76. The fraction of sp³-hybridized carbons (Fsp3) is 0. The van der Waals surface area contributed by atoms with Gasteiger partial charge >= 0.3 is 0 Å². The number of hydrogen-bond acceptors (Lipinski definition) is 1. The molecule has 1 heterocycles. The molecule has 0 aliphatic heterocycles. The largest absolute Gasteiger partial charge is 0.249 e. The highest BCUT2D eigenvalue weighted by atomic mass is 79.9. The SMILES string of the molecule is Brc1ncccc1-c1[c]cccc1. The highest BCUT2D eigenvalue weighted by Crippen LogP contribution is 2.24. The maximum Gasteiger partial charge on any atom is 0.113 e. The minimum absolute atomic E-state index is 0.859. The molecule has 1 aromatic carbocycles. The molecule has 63 valence electrons. The van der Waals surface area contributed by atoms with Gasteiger partial charge in [0, 0.05) is 11.8 Å². The molecule has 0 aliphatic rings. The highest BCUT2D eigenvalue weighted by Gasteiger charge is 2.01. The summed E-state index contributed by atoms with van der Waals surface area (Å²) in [6.45, 7) is 0. The van der Waals surface area contributed by atoms with Crippen LogP contribution < -0.4 is 0 Å². The number of nitrogens with zero attached hydrogens (tertiary/aromatic N) is 1. The molecule has 0 bridgehead atoms. The molecule has 0 N–H and O–H groups in total. The molecule has 13 heavy (non-hydrogen) atoms. The summed E-state index contributed by atoms with van der Waals surface area (Å²) in [5.41, 5.74) is 2.13. The highest BCUT2D eigenvalue weighted by molar-refractivity contribution is 9.10. The third-order valence-corrected chi connectivity index (χ3v) is 2.39. The Labute approximate surface area is 85.6 Å². The van der Waals surface area contributed by atoms with Crippen LogP contribution in [0.1, 0.15) is 0 Å². The number of rotatable bonds is 1. The molecule has 0 saturated heterocycles. The Bertz CT molecular complexity index is 398. The van der Waals surface area contributed by atoms with E-state index in [0.717, 1.165) is 15.7 Å². The minimum Gasteiger partial charge on any atom is -0.249 e. The van der Waals surface area contributed by atoms with Crippen molar-refractivity contribution in [2.24, 2.45) is 0 Å². The Morgan fingerprint density at radius 1 is 1.15 bits per heavy atom. The molecule has 1 nitrogen and oxygen atoms in total. The van der Waals surface area contributed by atoms with Crippen LogP contribution >= 0.6 is 15.9 Å². The van der Waals surface area contributed by atoms with Gasteiger partial charge in [-0.05, 0) is 33.6 Å². The lowest BCUT2D eigenvalue weighted by Gasteiger charge is -2.01. The Morgan fingerprint density at radius 2 is 2.08 bits per heavy atom. The second kappa shape index (κ2) is 3.71. The molecule has 0 amide bonds. The molecule has 2 heteroatoms. The van der Waals surface area contributed by atoms with Gasteiger partial charge in [-0.1, -0.05) is 30.3 Å². The summed E-state index contributed by atoms with van der Waals surface area (Å²) in [6.07, 6.45) is 1.76. The van der Waals surface area contributed by atoms with Crippen molar-refractivity contribution in [2.75, 3.05) is 0 Å². The normalized spacial score (nSPS) is 9.92. The van der Waals surface area contributed by atoms with E-state index < -0.39 is 0 Å². The fourth-order valence-electron chi connectivity index (χ4n) is 1.15. The summed E-state index contributed by atoms with van der Waals surface area (Å²) >= 11 is 3.40. The van der Waals surface area contributed by atoms with Gasteiger partial charge in [-0.2, -0.15) is 0 Å². The number of hydrogen-bond donors (Lipinski definition) is 0. The van der Waals surface area contributed by atoms with Gasteiger partial charge in [-0.15, -0.1) is 0 Å². The second-order valence-corrected chi connectivity index (χ2v) is 3.37. The summed E-state index contributed by atoms with van der Waals surface area (Å²) < 4.78 is 0.859. The smallest absolute Gasteiger partial charge is 0.113 e. The van der Waals surface area contributed by atoms with E-state index in [1.54, 1.807) is 6.20 Å². The van der Waals surface area contributed by atoms with Gasteiger partial charge in [0.15, 0.2) is 0 Å². The Hall–Kier alpha value is -1.15. The zero-order valence-corrected chi connectivity index (χ0v) is 8.45. The third kappa shape index (κ3) is 1.78. The van der Waals surface area contributed by atoms with E-state index in [4.69, 9.17) is 0 Å². The molecular weight excluding hydrogens is 226 g/mol. The van der Waals surface area contributed by atoms with E-state index >= 15 is 0 Å². The van der Waals surface area contributed by atoms with Crippen LogP contribution in [0.15, 0.2) is 47.2 Å². The van der Waals surface area contributed by atoms with Gasteiger partial charge in [0.25, 0.3) is 0 Å². The zero-order valence-electron chi connectivity index (χ0n) is 6.87. The first-order chi connectivity index (χ1) is 6.38. The topological polar surface area (TPSA) is 12.9 Å². The van der Waals surface area contributed by atoms with E-state index in [9.17, 15) is 0 Å². The van der Waals surface area contributed by atoms with E-state index in [0.29, 0.717) is 0 Å². The van der Waals surface area contributed by atoms with E-state index in [2.05, 4.69) is 27.0 Å². The van der Waals surface area contributed by atoms with Crippen molar-refractivity contribution in [1.82, 2.24) is 4.98 Å². The summed E-state index contributed by atoms with van der Waals surface area (Å²) in [7, 11) is 0. The molecule has 2 rings (SSSR count). The molecule has 1 radical (unpaired) electrons. The van der Waals surface area contributed by atoms with Gasteiger partial charge in [-0.25, -0.2) is 4.98 Å². The summed E-state index contributed by atoms with van der Waals surface area (Å²) in [5.74, 6) is 0. The Kier molecular flexibility index (Phi) is 2.41. The van der Waals surface area contributed by atoms with Crippen LogP contribution in [0.3, 0.4) is 0 Å². The molecule has 0 saturated carbocycles. The van der Waals surface area contributed by atoms with Gasteiger partial charge in [-0.3, -0.25) is 0 Å². The number of benzene rings is 1. The predicted octanol–water partition coefficient (Wildman–Crippen LogP) is 3.31. The quantitative estimate of drug-likeness (QED) is 0.688. The van der Waals surface area contributed by atoms with Crippen molar-refractivity contribution >= 4 is 15.9 Å². The molecule has 0 aliphatic carbocycles. The van der Waals surface area contributed by atoms with Gasteiger partial charge in [0.05, 0.1) is 0 Å². The minimum atomic E-state index is 0.859. The lowest BCUT2D eigenvalue weighted by molar-refractivity contribution is 1.28. The molecule has 0 unspecified atom stereocenters. The van der Waals surface area contributed by atoms with Crippen LogP contribution in [0.2, 0.25) is 0 Å². The lowest BCUT2D eigenvalue weighted by Crippen LogP contribution is -1.81. The summed E-state index contributed by atoms with van der Waals surface area (Å²) in [4.78, 5) is 4.15. The van der Waals surface area contributed by atoms with Crippen molar-refractivity contribution in [3.63, 3.8) is 0 Å².